The number of methoxy groups -OCH3 is 1. The first kappa shape index (κ1) is 14.5. The van der Waals surface area contributed by atoms with E-state index in [1.807, 2.05) is 4.90 Å². The lowest BCUT2D eigenvalue weighted by Crippen LogP contribution is -2.48. The number of piperidine rings is 1. The van der Waals surface area contributed by atoms with Crippen LogP contribution in [0, 0.1) is 11.8 Å². The fourth-order valence-corrected chi connectivity index (χ4v) is 2.41. The molecule has 1 N–H and O–H groups in total. The molecule has 1 aliphatic heterocycles. The summed E-state index contributed by atoms with van der Waals surface area (Å²) in [6, 6.07) is 0.250. The Morgan fingerprint density at radius 3 is 2.76 bits per heavy atom. The minimum absolute atomic E-state index is 0.176. The fourth-order valence-electron chi connectivity index (χ4n) is 2.41. The Morgan fingerprint density at radius 2 is 2.24 bits per heavy atom. The van der Waals surface area contributed by atoms with Crippen LogP contribution in [0.5, 0.6) is 0 Å². The van der Waals surface area contributed by atoms with Gasteiger partial charge in [-0.25, -0.2) is 0 Å². The summed E-state index contributed by atoms with van der Waals surface area (Å²) in [6.07, 6.45) is 0.955. The molecule has 0 radical (unpaired) electrons. The van der Waals surface area contributed by atoms with Crippen molar-refractivity contribution in [1.29, 1.82) is 0 Å². The van der Waals surface area contributed by atoms with E-state index in [0.29, 0.717) is 25.0 Å². The Morgan fingerprint density at radius 1 is 1.53 bits per heavy atom. The molecule has 17 heavy (non-hydrogen) atoms. The molecule has 1 heterocycles. The number of hydrogen-bond donors (Lipinski definition) is 1. The molecule has 100 valence electrons. The standard InChI is InChI=1S/C13H26N2O2/c1-10(2)15(7-8-17-4)13(16)12-5-6-14-9-11(12)3/h10-12,14H,5-9H2,1-4H3. The van der Waals surface area contributed by atoms with Crippen molar-refractivity contribution in [3.05, 3.63) is 0 Å². The molecular weight excluding hydrogens is 216 g/mol. The summed E-state index contributed by atoms with van der Waals surface area (Å²) in [4.78, 5) is 14.5. The summed E-state index contributed by atoms with van der Waals surface area (Å²) in [7, 11) is 1.68. The number of carbonyl (C=O) groups excluding carboxylic acids is 1. The average molecular weight is 242 g/mol. The van der Waals surface area contributed by atoms with E-state index in [1.165, 1.54) is 0 Å². The van der Waals surface area contributed by atoms with Crippen molar-refractivity contribution in [2.45, 2.75) is 33.2 Å². The van der Waals surface area contributed by atoms with Gasteiger partial charge in [0, 0.05) is 25.6 Å². The highest BCUT2D eigenvalue weighted by Gasteiger charge is 2.31. The van der Waals surface area contributed by atoms with E-state index in [1.54, 1.807) is 7.11 Å². The van der Waals surface area contributed by atoms with Gasteiger partial charge in [-0.1, -0.05) is 6.92 Å². The monoisotopic (exact) mass is 242 g/mol. The van der Waals surface area contributed by atoms with Gasteiger partial charge >= 0.3 is 0 Å². The molecule has 2 atom stereocenters. The average Bonchev–Trinajstić information content (AvgIpc) is 2.29. The van der Waals surface area contributed by atoms with Crippen LogP contribution in [-0.2, 0) is 9.53 Å². The van der Waals surface area contributed by atoms with Gasteiger partial charge in [-0.05, 0) is 39.3 Å². The molecule has 1 fully saturated rings. The minimum Gasteiger partial charge on any atom is -0.383 e. The first-order chi connectivity index (χ1) is 8.07. The van der Waals surface area contributed by atoms with Crippen LogP contribution in [0.1, 0.15) is 27.2 Å². The molecular formula is C13H26N2O2. The van der Waals surface area contributed by atoms with Gasteiger partial charge in [-0.2, -0.15) is 0 Å². The molecule has 2 unspecified atom stereocenters. The highest BCUT2D eigenvalue weighted by atomic mass is 16.5. The zero-order valence-corrected chi connectivity index (χ0v) is 11.5. The van der Waals surface area contributed by atoms with Crippen LogP contribution in [0.15, 0.2) is 0 Å². The maximum absolute atomic E-state index is 12.5. The predicted molar refractivity (Wildman–Crippen MR) is 68.9 cm³/mol. The molecule has 0 aromatic heterocycles. The quantitative estimate of drug-likeness (QED) is 0.785. The van der Waals surface area contributed by atoms with Crippen molar-refractivity contribution in [2.75, 3.05) is 33.4 Å². The summed E-state index contributed by atoms with van der Waals surface area (Å²) in [6.45, 7) is 9.51. The largest absolute Gasteiger partial charge is 0.383 e. The first-order valence-corrected chi connectivity index (χ1v) is 6.58. The van der Waals surface area contributed by atoms with Gasteiger partial charge in [0.15, 0.2) is 0 Å². The molecule has 0 saturated carbocycles. The summed E-state index contributed by atoms with van der Waals surface area (Å²) >= 11 is 0. The first-order valence-electron chi connectivity index (χ1n) is 6.58. The van der Waals surface area contributed by atoms with Gasteiger partial charge in [0.25, 0.3) is 0 Å². The third kappa shape index (κ3) is 3.96. The third-order valence-electron chi connectivity index (χ3n) is 3.55. The number of rotatable bonds is 5. The second kappa shape index (κ2) is 6.97. The van der Waals surface area contributed by atoms with E-state index in [0.717, 1.165) is 19.5 Å². The molecule has 4 nitrogen and oxygen atoms in total. The predicted octanol–water partition coefficient (Wildman–Crippen LogP) is 1.12. The normalized spacial score (nSPS) is 25.0. The Hall–Kier alpha value is -0.610. The van der Waals surface area contributed by atoms with Crippen molar-refractivity contribution in [3.63, 3.8) is 0 Å². The van der Waals surface area contributed by atoms with E-state index >= 15 is 0 Å². The molecule has 1 amide bonds. The zero-order valence-electron chi connectivity index (χ0n) is 11.5. The Balaban J connectivity index is 2.62. The highest BCUT2D eigenvalue weighted by molar-refractivity contribution is 5.79. The van der Waals surface area contributed by atoms with Crippen LogP contribution in [-0.4, -0.2) is 50.2 Å². The second-order valence-corrected chi connectivity index (χ2v) is 5.19. The summed E-state index contributed by atoms with van der Waals surface area (Å²) < 4.78 is 5.08. The van der Waals surface area contributed by atoms with Crippen LogP contribution in [0.25, 0.3) is 0 Å². The lowest BCUT2D eigenvalue weighted by Gasteiger charge is -2.35. The van der Waals surface area contributed by atoms with Crippen LogP contribution < -0.4 is 5.32 Å². The maximum atomic E-state index is 12.5. The molecule has 0 aromatic carbocycles. The molecule has 0 spiro atoms. The molecule has 0 aliphatic carbocycles. The van der Waals surface area contributed by atoms with Crippen LogP contribution in [0.2, 0.25) is 0 Å². The Kier molecular flexibility index (Phi) is 5.92. The van der Waals surface area contributed by atoms with Gasteiger partial charge in [-0.15, -0.1) is 0 Å². The van der Waals surface area contributed by atoms with Crippen molar-refractivity contribution in [2.24, 2.45) is 11.8 Å². The van der Waals surface area contributed by atoms with Crippen LogP contribution >= 0.6 is 0 Å². The van der Waals surface area contributed by atoms with Crippen LogP contribution in [0.4, 0.5) is 0 Å². The Labute approximate surface area is 105 Å². The lowest BCUT2D eigenvalue weighted by atomic mass is 9.86. The topological polar surface area (TPSA) is 41.6 Å². The number of hydrogen-bond acceptors (Lipinski definition) is 3. The fraction of sp³-hybridized carbons (Fsp3) is 0.923. The van der Waals surface area contributed by atoms with E-state index in [4.69, 9.17) is 4.74 Å². The third-order valence-corrected chi connectivity index (χ3v) is 3.55. The molecule has 1 rings (SSSR count). The van der Waals surface area contributed by atoms with Crippen molar-refractivity contribution in [1.82, 2.24) is 10.2 Å². The van der Waals surface area contributed by atoms with Gasteiger partial charge in [0.05, 0.1) is 6.61 Å². The van der Waals surface area contributed by atoms with Crippen molar-refractivity contribution in [3.8, 4) is 0 Å². The molecule has 1 saturated heterocycles. The maximum Gasteiger partial charge on any atom is 0.226 e. The number of nitrogens with one attached hydrogen (secondary N) is 1. The minimum atomic E-state index is 0.176. The van der Waals surface area contributed by atoms with E-state index < -0.39 is 0 Å². The lowest BCUT2D eigenvalue weighted by molar-refractivity contribution is -0.140. The SMILES string of the molecule is COCCN(C(=O)C1CCNCC1C)C(C)C. The Bertz CT molecular complexity index is 244. The van der Waals surface area contributed by atoms with Gasteiger partial charge in [0.2, 0.25) is 5.91 Å². The summed E-state index contributed by atoms with van der Waals surface area (Å²) in [5.41, 5.74) is 0. The molecule has 0 bridgehead atoms. The number of ether oxygens (including phenoxy) is 1. The molecule has 1 aliphatic rings. The van der Waals surface area contributed by atoms with Crippen molar-refractivity contribution >= 4 is 5.91 Å². The molecule has 4 heteroatoms. The van der Waals surface area contributed by atoms with Gasteiger partial charge in [0.1, 0.15) is 0 Å². The molecule has 0 aromatic rings. The van der Waals surface area contributed by atoms with Gasteiger partial charge < -0.3 is 15.0 Å². The van der Waals surface area contributed by atoms with Crippen LogP contribution in [0.3, 0.4) is 0 Å². The number of carbonyl (C=O) groups is 1. The zero-order chi connectivity index (χ0) is 12.8. The summed E-state index contributed by atoms with van der Waals surface area (Å²) in [5.74, 6) is 0.904. The van der Waals surface area contributed by atoms with E-state index in [-0.39, 0.29) is 12.0 Å². The van der Waals surface area contributed by atoms with Gasteiger partial charge in [-0.3, -0.25) is 4.79 Å². The summed E-state index contributed by atoms with van der Waals surface area (Å²) in [5, 5.41) is 3.34. The van der Waals surface area contributed by atoms with Crippen molar-refractivity contribution < 1.29 is 9.53 Å². The number of amides is 1. The van der Waals surface area contributed by atoms with E-state index in [9.17, 15) is 4.79 Å². The number of nitrogens with zero attached hydrogens (tertiary/aromatic N) is 1. The van der Waals surface area contributed by atoms with E-state index in [2.05, 4.69) is 26.1 Å². The highest BCUT2D eigenvalue weighted by Crippen LogP contribution is 2.22. The smallest absolute Gasteiger partial charge is 0.226 e. The second-order valence-electron chi connectivity index (χ2n) is 5.19.